The summed E-state index contributed by atoms with van der Waals surface area (Å²) in [5.74, 6) is -0.448. The van der Waals surface area contributed by atoms with Crippen molar-refractivity contribution in [1.29, 1.82) is 0 Å². The van der Waals surface area contributed by atoms with Gasteiger partial charge in [-0.1, -0.05) is 24.3 Å². The number of carbonyl (C=O) groups excluding carboxylic acids is 2. The molecule has 2 aromatic rings. The molecule has 0 saturated carbocycles. The van der Waals surface area contributed by atoms with Gasteiger partial charge in [0.25, 0.3) is 0 Å². The average Bonchev–Trinajstić information content (AvgIpc) is 2.92. The lowest BCUT2D eigenvalue weighted by molar-refractivity contribution is -0.130. The number of nitrogens with two attached hydrogens (primary N) is 1. The second-order valence-corrected chi connectivity index (χ2v) is 7.07. The molecule has 1 aliphatic rings. The van der Waals surface area contributed by atoms with E-state index in [2.05, 4.69) is 31.9 Å². The number of anilines is 1. The van der Waals surface area contributed by atoms with E-state index < -0.39 is 11.8 Å². The van der Waals surface area contributed by atoms with Crippen molar-refractivity contribution in [2.75, 3.05) is 4.90 Å². The van der Waals surface area contributed by atoms with Crippen LogP contribution < -0.4 is 10.6 Å². The monoisotopic (exact) mass is 436 g/mol. The summed E-state index contributed by atoms with van der Waals surface area (Å²) in [4.78, 5) is 25.3. The van der Waals surface area contributed by atoms with Crippen molar-refractivity contribution in [2.45, 2.75) is 19.1 Å². The molecule has 0 radical (unpaired) electrons. The Hall–Kier alpha value is -1.50. The second kappa shape index (κ2) is 6.55. The first-order valence-corrected chi connectivity index (χ1v) is 8.67. The van der Waals surface area contributed by atoms with Gasteiger partial charge in [-0.15, -0.1) is 0 Å². The third kappa shape index (κ3) is 2.86. The lowest BCUT2D eigenvalue weighted by Gasteiger charge is -2.27. The van der Waals surface area contributed by atoms with Gasteiger partial charge in [0.1, 0.15) is 6.04 Å². The van der Waals surface area contributed by atoms with Crippen molar-refractivity contribution >= 4 is 49.6 Å². The number of benzene rings is 2. The van der Waals surface area contributed by atoms with Gasteiger partial charge >= 0.3 is 0 Å². The highest BCUT2D eigenvalue weighted by molar-refractivity contribution is 9.11. The van der Waals surface area contributed by atoms with Gasteiger partial charge in [0.15, 0.2) is 6.29 Å². The minimum Gasteiger partial charge on any atom is -0.351 e. The number of hydrogen-bond donors (Lipinski definition) is 1. The van der Waals surface area contributed by atoms with E-state index in [9.17, 15) is 9.59 Å². The highest BCUT2D eigenvalue weighted by Gasteiger charge is 2.36. The number of hydrogen-bond acceptors (Lipinski definition) is 4. The number of halogens is 2. The Kier molecular flexibility index (Phi) is 4.66. The number of ketones is 1. The van der Waals surface area contributed by atoms with Crippen LogP contribution in [-0.2, 0) is 22.7 Å². The Bertz CT molecular complexity index is 769. The maximum atomic E-state index is 12.2. The van der Waals surface area contributed by atoms with Gasteiger partial charge in [-0.3, -0.25) is 9.59 Å². The minimum absolute atomic E-state index is 0.399. The number of aldehydes is 1. The summed E-state index contributed by atoms with van der Waals surface area (Å²) in [6.45, 7) is 0.994. The van der Waals surface area contributed by atoms with Crippen LogP contribution in [0.3, 0.4) is 0 Å². The Labute approximate surface area is 150 Å². The fraction of sp³-hybridized carbons (Fsp3) is 0.176. The number of Topliss-reactive ketones (excluding diaryl/α,β-unsaturated/α-hetero) is 1. The second-order valence-electron chi connectivity index (χ2n) is 5.36. The molecule has 4 nitrogen and oxygen atoms in total. The third-order valence-corrected chi connectivity index (χ3v) is 5.20. The molecule has 1 atom stereocenters. The van der Waals surface area contributed by atoms with Gasteiger partial charge in [0.2, 0.25) is 5.78 Å². The van der Waals surface area contributed by atoms with Crippen molar-refractivity contribution in [3.8, 4) is 0 Å². The zero-order chi connectivity index (χ0) is 16.6. The molecule has 23 heavy (non-hydrogen) atoms. The lowest BCUT2D eigenvalue weighted by atomic mass is 10.0. The molecular weight excluding hydrogens is 424 g/mol. The summed E-state index contributed by atoms with van der Waals surface area (Å²) in [6, 6.07) is 11.0. The number of fused-ring (bicyclic) bond motifs is 1. The molecule has 0 amide bonds. The van der Waals surface area contributed by atoms with Crippen LogP contribution in [0.1, 0.15) is 22.7 Å². The van der Waals surface area contributed by atoms with Crippen LogP contribution in [0, 0.1) is 0 Å². The fourth-order valence-electron chi connectivity index (χ4n) is 2.98. The average molecular weight is 438 g/mol. The molecule has 2 aromatic carbocycles. The standard InChI is InChI=1S/C17H14Br2N2O2/c18-13-5-10(7-20)6-14(19)17(13)21-8-11-3-1-2-4-12(11)16(21)15(23)9-22/h1-6,9,16H,7-8,20H2. The predicted octanol–water partition coefficient (Wildman–Crippen LogP) is 3.50. The van der Waals surface area contributed by atoms with E-state index >= 15 is 0 Å². The summed E-state index contributed by atoms with van der Waals surface area (Å²) in [7, 11) is 0. The van der Waals surface area contributed by atoms with Crippen LogP contribution in [0.15, 0.2) is 45.3 Å². The molecular formula is C17H14Br2N2O2. The van der Waals surface area contributed by atoms with Gasteiger partial charge in [-0.05, 0) is 60.7 Å². The van der Waals surface area contributed by atoms with Crippen LogP contribution in [0.2, 0.25) is 0 Å². The highest BCUT2D eigenvalue weighted by atomic mass is 79.9. The summed E-state index contributed by atoms with van der Waals surface area (Å²) in [5.41, 5.74) is 9.45. The first-order valence-electron chi connectivity index (χ1n) is 7.08. The van der Waals surface area contributed by atoms with Gasteiger partial charge in [0, 0.05) is 22.0 Å². The van der Waals surface area contributed by atoms with Crippen LogP contribution in [-0.4, -0.2) is 12.1 Å². The fourth-order valence-corrected chi connectivity index (χ4v) is 4.71. The quantitative estimate of drug-likeness (QED) is 0.587. The normalized spacial score (nSPS) is 16.3. The van der Waals surface area contributed by atoms with Crippen molar-refractivity contribution in [3.63, 3.8) is 0 Å². The van der Waals surface area contributed by atoms with Crippen molar-refractivity contribution < 1.29 is 9.59 Å². The highest BCUT2D eigenvalue weighted by Crippen LogP contribution is 2.44. The maximum Gasteiger partial charge on any atom is 0.222 e. The largest absolute Gasteiger partial charge is 0.351 e. The Balaban J connectivity index is 2.13. The van der Waals surface area contributed by atoms with Crippen LogP contribution in [0.25, 0.3) is 0 Å². The first kappa shape index (κ1) is 16.4. The van der Waals surface area contributed by atoms with Crippen molar-refractivity contribution in [1.82, 2.24) is 0 Å². The zero-order valence-corrected chi connectivity index (χ0v) is 15.3. The molecule has 3 rings (SSSR count). The molecule has 0 spiro atoms. The van der Waals surface area contributed by atoms with E-state index in [-0.39, 0.29) is 0 Å². The van der Waals surface area contributed by atoms with Crippen molar-refractivity contribution in [3.05, 3.63) is 62.0 Å². The topological polar surface area (TPSA) is 63.4 Å². The SMILES string of the molecule is NCc1cc(Br)c(N2Cc3ccccc3C2C(=O)C=O)c(Br)c1. The van der Waals surface area contributed by atoms with E-state index in [0.29, 0.717) is 19.4 Å². The lowest BCUT2D eigenvalue weighted by Crippen LogP contribution is -2.29. The summed E-state index contributed by atoms with van der Waals surface area (Å²) in [5, 5.41) is 0. The first-order chi connectivity index (χ1) is 11.1. The molecule has 0 bridgehead atoms. The summed E-state index contributed by atoms with van der Waals surface area (Å²) < 4.78 is 1.67. The van der Waals surface area contributed by atoms with Gasteiger partial charge in [-0.2, -0.15) is 0 Å². The molecule has 2 N–H and O–H groups in total. The van der Waals surface area contributed by atoms with E-state index in [1.807, 2.05) is 41.3 Å². The molecule has 0 fully saturated rings. The van der Waals surface area contributed by atoms with E-state index in [0.717, 1.165) is 31.3 Å². The summed E-state index contributed by atoms with van der Waals surface area (Å²) in [6.07, 6.45) is 0.399. The van der Waals surface area contributed by atoms with Crippen LogP contribution >= 0.6 is 31.9 Å². The van der Waals surface area contributed by atoms with Crippen LogP contribution in [0.4, 0.5) is 5.69 Å². The molecule has 118 valence electrons. The molecule has 0 aromatic heterocycles. The number of rotatable bonds is 4. The van der Waals surface area contributed by atoms with E-state index in [1.165, 1.54) is 0 Å². The zero-order valence-electron chi connectivity index (χ0n) is 12.1. The molecule has 1 unspecified atom stereocenters. The van der Waals surface area contributed by atoms with E-state index in [4.69, 9.17) is 5.73 Å². The van der Waals surface area contributed by atoms with Crippen molar-refractivity contribution in [2.24, 2.45) is 5.73 Å². The molecule has 0 saturated heterocycles. The van der Waals surface area contributed by atoms with Gasteiger partial charge < -0.3 is 10.6 Å². The number of nitrogens with zero attached hydrogens (tertiary/aromatic N) is 1. The third-order valence-electron chi connectivity index (χ3n) is 3.99. The molecule has 1 heterocycles. The van der Waals surface area contributed by atoms with Gasteiger partial charge in [-0.25, -0.2) is 0 Å². The number of carbonyl (C=O) groups is 2. The Morgan fingerprint density at radius 1 is 1.26 bits per heavy atom. The van der Waals surface area contributed by atoms with Crippen LogP contribution in [0.5, 0.6) is 0 Å². The van der Waals surface area contributed by atoms with E-state index in [1.54, 1.807) is 0 Å². The molecule has 6 heteroatoms. The smallest absolute Gasteiger partial charge is 0.222 e. The molecule has 0 aliphatic carbocycles. The Morgan fingerprint density at radius 3 is 2.52 bits per heavy atom. The summed E-state index contributed by atoms with van der Waals surface area (Å²) >= 11 is 7.13. The molecule has 1 aliphatic heterocycles. The minimum atomic E-state index is -0.597. The van der Waals surface area contributed by atoms with Gasteiger partial charge in [0.05, 0.1) is 5.69 Å². The predicted molar refractivity (Wildman–Crippen MR) is 96.2 cm³/mol. The maximum absolute atomic E-state index is 12.2. The Morgan fingerprint density at radius 2 is 1.91 bits per heavy atom.